The van der Waals surface area contributed by atoms with Crippen molar-refractivity contribution >= 4 is 10.9 Å². The fourth-order valence-electron chi connectivity index (χ4n) is 3.10. The van der Waals surface area contributed by atoms with E-state index >= 15 is 0 Å². The Balaban J connectivity index is 0.000000238. The third kappa shape index (κ3) is 4.89. The van der Waals surface area contributed by atoms with Crippen molar-refractivity contribution in [3.05, 3.63) is 30.1 Å². The summed E-state index contributed by atoms with van der Waals surface area (Å²) in [6.45, 7) is 5.91. The summed E-state index contributed by atoms with van der Waals surface area (Å²) >= 11 is 0. The molecule has 2 heterocycles. The predicted octanol–water partition coefficient (Wildman–Crippen LogP) is 3.26. The number of nitrogens with zero attached hydrogens (tertiary/aromatic N) is 2. The van der Waals surface area contributed by atoms with Gasteiger partial charge in [0.2, 0.25) is 5.88 Å². The van der Waals surface area contributed by atoms with Crippen LogP contribution in [0.15, 0.2) is 24.5 Å². The first-order chi connectivity index (χ1) is 11.8. The largest absolute Gasteiger partial charge is 0.474 e. The molecule has 1 aliphatic heterocycles. The lowest BCUT2D eigenvalue weighted by Crippen LogP contribution is -2.30. The molecule has 0 unspecified atom stereocenters. The molecule has 0 bridgehead atoms. The summed E-state index contributed by atoms with van der Waals surface area (Å²) in [4.78, 5) is 8.59. The molecule has 2 fully saturated rings. The Bertz CT molecular complexity index is 626. The van der Waals surface area contributed by atoms with E-state index in [0.717, 1.165) is 55.9 Å². The molecular formula is C19H27N3O2. The standard InChI is InChI=1S/C15H18N2O.C4H9NO/c1-11-7-8-14-13(9-11)15(17-10-16-14)18-12-5-3-2-4-6-12;1-3-6-4-2-5-1/h7-10,12H,2-6H2,1H3;5H,1-4H2. The van der Waals surface area contributed by atoms with Crippen LogP contribution in [-0.4, -0.2) is 42.4 Å². The normalized spacial score (nSPS) is 18.7. The summed E-state index contributed by atoms with van der Waals surface area (Å²) in [5.41, 5.74) is 2.17. The zero-order chi connectivity index (χ0) is 16.6. The second-order valence-corrected chi connectivity index (χ2v) is 6.44. The molecule has 1 aliphatic carbocycles. The minimum Gasteiger partial charge on any atom is -0.474 e. The number of aryl methyl sites for hydroxylation is 1. The lowest BCUT2D eigenvalue weighted by atomic mass is 9.98. The first-order valence-corrected chi connectivity index (χ1v) is 8.99. The highest BCUT2D eigenvalue weighted by Crippen LogP contribution is 2.27. The van der Waals surface area contributed by atoms with E-state index in [9.17, 15) is 0 Å². The van der Waals surface area contributed by atoms with Crippen LogP contribution < -0.4 is 10.1 Å². The molecule has 0 amide bonds. The summed E-state index contributed by atoms with van der Waals surface area (Å²) in [6, 6.07) is 6.20. The van der Waals surface area contributed by atoms with E-state index in [2.05, 4.69) is 34.3 Å². The lowest BCUT2D eigenvalue weighted by molar-refractivity contribution is 0.109. The molecule has 0 atom stereocenters. The van der Waals surface area contributed by atoms with Gasteiger partial charge in [0.25, 0.3) is 0 Å². The number of hydrogen-bond acceptors (Lipinski definition) is 5. The molecule has 1 N–H and O–H groups in total. The van der Waals surface area contributed by atoms with Crippen LogP contribution in [0.2, 0.25) is 0 Å². The first kappa shape index (κ1) is 17.1. The molecule has 2 aliphatic rings. The number of fused-ring (bicyclic) bond motifs is 1. The fraction of sp³-hybridized carbons (Fsp3) is 0.579. The Labute approximate surface area is 143 Å². The number of rotatable bonds is 2. The summed E-state index contributed by atoms with van der Waals surface area (Å²) in [7, 11) is 0. The van der Waals surface area contributed by atoms with Crippen molar-refractivity contribution in [2.75, 3.05) is 26.3 Å². The van der Waals surface area contributed by atoms with Crippen LogP contribution in [0.4, 0.5) is 0 Å². The van der Waals surface area contributed by atoms with Gasteiger partial charge >= 0.3 is 0 Å². The van der Waals surface area contributed by atoms with Crippen molar-refractivity contribution in [3.8, 4) is 5.88 Å². The number of hydrogen-bond donors (Lipinski definition) is 1. The van der Waals surface area contributed by atoms with Crippen LogP contribution in [0.1, 0.15) is 37.7 Å². The predicted molar refractivity (Wildman–Crippen MR) is 95.5 cm³/mol. The highest BCUT2D eigenvalue weighted by molar-refractivity contribution is 5.83. The van der Waals surface area contributed by atoms with Crippen molar-refractivity contribution < 1.29 is 9.47 Å². The number of ether oxygens (including phenoxy) is 2. The highest BCUT2D eigenvalue weighted by atomic mass is 16.5. The van der Waals surface area contributed by atoms with Crippen LogP contribution in [0.25, 0.3) is 10.9 Å². The molecule has 0 radical (unpaired) electrons. The first-order valence-electron chi connectivity index (χ1n) is 8.99. The Morgan fingerprint density at radius 1 is 1.08 bits per heavy atom. The van der Waals surface area contributed by atoms with Crippen LogP contribution >= 0.6 is 0 Å². The zero-order valence-corrected chi connectivity index (χ0v) is 14.5. The van der Waals surface area contributed by atoms with Gasteiger partial charge in [-0.2, -0.15) is 0 Å². The van der Waals surface area contributed by atoms with Gasteiger partial charge in [-0.25, -0.2) is 9.97 Å². The van der Waals surface area contributed by atoms with Crippen LogP contribution in [0.5, 0.6) is 5.88 Å². The minimum atomic E-state index is 0.331. The van der Waals surface area contributed by atoms with E-state index in [-0.39, 0.29) is 0 Å². The second-order valence-electron chi connectivity index (χ2n) is 6.44. The van der Waals surface area contributed by atoms with E-state index in [4.69, 9.17) is 9.47 Å². The fourth-order valence-corrected chi connectivity index (χ4v) is 3.10. The van der Waals surface area contributed by atoms with Gasteiger partial charge in [-0.1, -0.05) is 18.1 Å². The molecule has 1 saturated heterocycles. The summed E-state index contributed by atoms with van der Waals surface area (Å²) in [6.07, 6.45) is 8.10. The lowest BCUT2D eigenvalue weighted by Gasteiger charge is -2.22. The average Bonchev–Trinajstić information content (AvgIpc) is 2.65. The number of aromatic nitrogens is 2. The maximum absolute atomic E-state index is 6.07. The molecular weight excluding hydrogens is 302 g/mol. The van der Waals surface area contributed by atoms with Gasteiger partial charge in [0.15, 0.2) is 0 Å². The van der Waals surface area contributed by atoms with Crippen molar-refractivity contribution in [2.24, 2.45) is 0 Å². The van der Waals surface area contributed by atoms with E-state index in [1.807, 2.05) is 6.07 Å². The van der Waals surface area contributed by atoms with Gasteiger partial charge < -0.3 is 14.8 Å². The monoisotopic (exact) mass is 329 g/mol. The summed E-state index contributed by atoms with van der Waals surface area (Å²) in [5, 5.41) is 4.19. The maximum atomic E-state index is 6.07. The number of benzene rings is 1. The van der Waals surface area contributed by atoms with Gasteiger partial charge in [-0.05, 0) is 44.7 Å². The van der Waals surface area contributed by atoms with Crippen LogP contribution in [0, 0.1) is 6.92 Å². The Kier molecular flexibility index (Phi) is 6.38. The second kappa shape index (κ2) is 8.94. The van der Waals surface area contributed by atoms with E-state index in [1.165, 1.54) is 24.8 Å². The molecule has 24 heavy (non-hydrogen) atoms. The molecule has 130 valence electrons. The number of nitrogens with one attached hydrogen (secondary N) is 1. The Morgan fingerprint density at radius 3 is 2.54 bits per heavy atom. The quantitative estimate of drug-likeness (QED) is 0.916. The van der Waals surface area contributed by atoms with Gasteiger partial charge in [-0.15, -0.1) is 0 Å². The van der Waals surface area contributed by atoms with Gasteiger partial charge in [-0.3, -0.25) is 0 Å². The van der Waals surface area contributed by atoms with E-state index < -0.39 is 0 Å². The Hall–Kier alpha value is -1.72. The Morgan fingerprint density at radius 2 is 1.88 bits per heavy atom. The van der Waals surface area contributed by atoms with Gasteiger partial charge in [0.05, 0.1) is 24.1 Å². The third-order valence-electron chi connectivity index (χ3n) is 4.43. The minimum absolute atomic E-state index is 0.331. The summed E-state index contributed by atoms with van der Waals surface area (Å²) in [5.74, 6) is 0.746. The molecule has 1 aromatic carbocycles. The average molecular weight is 329 g/mol. The van der Waals surface area contributed by atoms with Gasteiger partial charge in [0, 0.05) is 13.1 Å². The smallest absolute Gasteiger partial charge is 0.224 e. The topological polar surface area (TPSA) is 56.3 Å². The van der Waals surface area contributed by atoms with Gasteiger partial charge in [0.1, 0.15) is 12.4 Å². The molecule has 1 saturated carbocycles. The summed E-state index contributed by atoms with van der Waals surface area (Å²) < 4.78 is 11.1. The van der Waals surface area contributed by atoms with Crippen molar-refractivity contribution in [1.82, 2.24) is 15.3 Å². The molecule has 0 spiro atoms. The van der Waals surface area contributed by atoms with Crippen molar-refractivity contribution in [3.63, 3.8) is 0 Å². The number of morpholine rings is 1. The van der Waals surface area contributed by atoms with Crippen LogP contribution in [0.3, 0.4) is 0 Å². The van der Waals surface area contributed by atoms with E-state index in [1.54, 1.807) is 6.33 Å². The maximum Gasteiger partial charge on any atom is 0.224 e. The van der Waals surface area contributed by atoms with Crippen molar-refractivity contribution in [1.29, 1.82) is 0 Å². The molecule has 2 aromatic rings. The SMILES string of the molecule is C1COCCN1.Cc1ccc2ncnc(OC3CCCCC3)c2c1. The molecule has 1 aromatic heterocycles. The molecule has 4 rings (SSSR count). The molecule has 5 heteroatoms. The zero-order valence-electron chi connectivity index (χ0n) is 14.5. The van der Waals surface area contributed by atoms with Crippen molar-refractivity contribution in [2.45, 2.75) is 45.1 Å². The van der Waals surface area contributed by atoms with Crippen LogP contribution in [-0.2, 0) is 4.74 Å². The highest BCUT2D eigenvalue weighted by Gasteiger charge is 2.16. The third-order valence-corrected chi connectivity index (χ3v) is 4.43. The van der Waals surface area contributed by atoms with E-state index in [0.29, 0.717) is 6.10 Å². The molecule has 5 nitrogen and oxygen atoms in total.